The minimum atomic E-state index is -0.908. The molecule has 28 heavy (non-hydrogen) atoms. The van der Waals surface area contributed by atoms with E-state index in [0.717, 1.165) is 17.7 Å². The molecule has 0 amide bonds. The molecule has 2 aromatic rings. The van der Waals surface area contributed by atoms with Crippen LogP contribution in [0.3, 0.4) is 0 Å². The highest BCUT2D eigenvalue weighted by molar-refractivity contribution is 5.80. The smallest absolute Gasteiger partial charge is 0.314 e. The highest BCUT2D eigenvalue weighted by Crippen LogP contribution is 2.45. The normalized spacial score (nSPS) is 13.8. The van der Waals surface area contributed by atoms with Gasteiger partial charge in [-0.05, 0) is 30.5 Å². The van der Waals surface area contributed by atoms with Crippen molar-refractivity contribution in [1.82, 2.24) is 0 Å². The van der Waals surface area contributed by atoms with Gasteiger partial charge in [0.25, 0.3) is 0 Å². The number of ether oxygens (including phenoxy) is 2. The fraction of sp³-hybridized carbons (Fsp3) is 0.391. The van der Waals surface area contributed by atoms with Gasteiger partial charge < -0.3 is 14.8 Å². The molecule has 0 saturated carbocycles. The molecule has 2 aromatic carbocycles. The van der Waals surface area contributed by atoms with Crippen molar-refractivity contribution < 1.29 is 19.1 Å². The summed E-state index contributed by atoms with van der Waals surface area (Å²) in [5.41, 5.74) is 0.961. The van der Waals surface area contributed by atoms with Gasteiger partial charge in [-0.2, -0.15) is 0 Å². The van der Waals surface area contributed by atoms with E-state index >= 15 is 0 Å². The van der Waals surface area contributed by atoms with Gasteiger partial charge in [-0.3, -0.25) is 9.59 Å². The van der Waals surface area contributed by atoms with Crippen LogP contribution in [0, 0.1) is 5.41 Å². The molecule has 0 radical (unpaired) electrons. The lowest BCUT2D eigenvalue weighted by Crippen LogP contribution is -2.42. The van der Waals surface area contributed by atoms with Crippen molar-refractivity contribution in [1.29, 1.82) is 0 Å². The average Bonchev–Trinajstić information content (AvgIpc) is 2.75. The average molecular weight is 383 g/mol. The van der Waals surface area contributed by atoms with E-state index < -0.39 is 5.41 Å². The Kier molecular flexibility index (Phi) is 8.05. The Morgan fingerprint density at radius 2 is 1.54 bits per heavy atom. The van der Waals surface area contributed by atoms with E-state index in [1.807, 2.05) is 67.6 Å². The number of carbonyl (C=O) groups is 2. The van der Waals surface area contributed by atoms with E-state index in [0.29, 0.717) is 12.8 Å². The summed E-state index contributed by atoms with van der Waals surface area (Å²) in [6.45, 7) is 2.03. The first-order valence-corrected chi connectivity index (χ1v) is 9.59. The van der Waals surface area contributed by atoms with E-state index in [1.165, 1.54) is 14.2 Å². The molecular formula is C23H29NO4. The molecule has 5 nitrogen and oxygen atoms in total. The zero-order valence-corrected chi connectivity index (χ0v) is 16.8. The molecule has 0 unspecified atom stereocenters. The first-order valence-electron chi connectivity index (χ1n) is 9.59. The number of esters is 2. The van der Waals surface area contributed by atoms with Crippen LogP contribution in [0.2, 0.25) is 0 Å². The minimum absolute atomic E-state index is 0.144. The summed E-state index contributed by atoms with van der Waals surface area (Å²) in [5.74, 6) is -0.661. The lowest BCUT2D eigenvalue weighted by atomic mass is 9.70. The summed E-state index contributed by atoms with van der Waals surface area (Å²) in [5, 5.41) is 3.53. The molecule has 5 heteroatoms. The zero-order valence-electron chi connectivity index (χ0n) is 16.8. The Balaban J connectivity index is 2.54. The molecule has 0 heterocycles. The zero-order chi connectivity index (χ0) is 20.4. The molecule has 1 N–H and O–H groups in total. The first-order chi connectivity index (χ1) is 13.6. The molecule has 0 aliphatic rings. The van der Waals surface area contributed by atoms with Crippen LogP contribution in [0.5, 0.6) is 0 Å². The van der Waals surface area contributed by atoms with Gasteiger partial charge in [-0.1, -0.05) is 61.9 Å². The number of anilines is 1. The molecule has 0 aliphatic heterocycles. The van der Waals surface area contributed by atoms with E-state index in [9.17, 15) is 9.59 Å². The largest absolute Gasteiger partial charge is 0.469 e. The summed E-state index contributed by atoms with van der Waals surface area (Å²) >= 11 is 0. The summed E-state index contributed by atoms with van der Waals surface area (Å²) < 4.78 is 10.1. The van der Waals surface area contributed by atoms with Gasteiger partial charge >= 0.3 is 11.9 Å². The van der Waals surface area contributed by atoms with Crippen molar-refractivity contribution in [2.24, 2.45) is 5.41 Å². The van der Waals surface area contributed by atoms with Crippen LogP contribution in [0.1, 0.15) is 44.2 Å². The Morgan fingerprint density at radius 1 is 0.929 bits per heavy atom. The van der Waals surface area contributed by atoms with Crippen LogP contribution in [-0.2, 0) is 19.1 Å². The predicted octanol–water partition coefficient (Wildman–Crippen LogP) is 4.75. The van der Waals surface area contributed by atoms with Crippen molar-refractivity contribution in [2.75, 3.05) is 19.5 Å². The number of carbonyl (C=O) groups excluding carboxylic acids is 2. The van der Waals surface area contributed by atoms with Crippen molar-refractivity contribution in [3.05, 3.63) is 66.2 Å². The molecule has 0 aliphatic carbocycles. The number of hydrogen-bond donors (Lipinski definition) is 1. The molecule has 0 spiro atoms. The fourth-order valence-electron chi connectivity index (χ4n) is 3.70. The molecule has 0 aromatic heterocycles. The second-order valence-corrected chi connectivity index (χ2v) is 6.83. The Labute approximate surface area is 167 Å². The number of para-hydroxylation sites is 1. The third-order valence-electron chi connectivity index (χ3n) is 5.06. The topological polar surface area (TPSA) is 64.6 Å². The van der Waals surface area contributed by atoms with Crippen LogP contribution in [0.4, 0.5) is 5.69 Å². The number of rotatable bonds is 10. The fourth-order valence-corrected chi connectivity index (χ4v) is 3.70. The van der Waals surface area contributed by atoms with Gasteiger partial charge in [0.2, 0.25) is 0 Å². The van der Waals surface area contributed by atoms with Gasteiger partial charge in [0.1, 0.15) is 0 Å². The van der Waals surface area contributed by atoms with E-state index in [2.05, 4.69) is 5.32 Å². The highest BCUT2D eigenvalue weighted by atomic mass is 16.5. The third-order valence-corrected chi connectivity index (χ3v) is 5.06. The standard InChI is InChI=1S/C23H29NO4/c1-4-16-23(22(26)28-3,17-15-20(25)27-2)21(18-11-7-5-8-12-18)24-19-13-9-6-10-14-19/h5-14,21,24H,4,15-17H2,1-3H3/t21-,23-/m0/s1. The first kappa shape index (κ1) is 21.5. The molecule has 0 bridgehead atoms. The summed E-state index contributed by atoms with van der Waals surface area (Å²) in [6.07, 6.45) is 1.83. The van der Waals surface area contributed by atoms with Gasteiger partial charge in [-0.25, -0.2) is 0 Å². The lowest BCUT2D eigenvalue weighted by molar-refractivity contribution is -0.156. The molecule has 150 valence electrons. The van der Waals surface area contributed by atoms with Gasteiger partial charge in [0, 0.05) is 12.1 Å². The van der Waals surface area contributed by atoms with E-state index in [4.69, 9.17) is 9.47 Å². The SMILES string of the molecule is CCC[C@@](CCC(=O)OC)(C(=O)OC)[C@@H](Nc1ccccc1)c1ccccc1. The van der Waals surface area contributed by atoms with Gasteiger partial charge in [-0.15, -0.1) is 0 Å². The van der Waals surface area contributed by atoms with Crippen LogP contribution >= 0.6 is 0 Å². The van der Waals surface area contributed by atoms with Crippen LogP contribution in [-0.4, -0.2) is 26.2 Å². The van der Waals surface area contributed by atoms with Crippen molar-refractivity contribution >= 4 is 17.6 Å². The summed E-state index contributed by atoms with van der Waals surface area (Å²) in [6, 6.07) is 19.2. The maximum Gasteiger partial charge on any atom is 0.314 e. The second kappa shape index (κ2) is 10.5. The Morgan fingerprint density at radius 3 is 2.07 bits per heavy atom. The molecule has 2 atom stereocenters. The van der Waals surface area contributed by atoms with Crippen molar-refractivity contribution in [2.45, 2.75) is 38.6 Å². The third kappa shape index (κ3) is 5.12. The number of benzene rings is 2. The summed E-state index contributed by atoms with van der Waals surface area (Å²) in [7, 11) is 2.76. The van der Waals surface area contributed by atoms with Crippen molar-refractivity contribution in [3.63, 3.8) is 0 Å². The Bertz CT molecular complexity index is 748. The van der Waals surface area contributed by atoms with Crippen LogP contribution in [0.25, 0.3) is 0 Å². The van der Waals surface area contributed by atoms with Gasteiger partial charge in [0.15, 0.2) is 0 Å². The second-order valence-electron chi connectivity index (χ2n) is 6.83. The molecule has 0 fully saturated rings. The maximum atomic E-state index is 13.1. The number of methoxy groups -OCH3 is 2. The maximum absolute atomic E-state index is 13.1. The molecular weight excluding hydrogens is 354 g/mol. The Hall–Kier alpha value is -2.82. The van der Waals surface area contributed by atoms with Gasteiger partial charge in [0.05, 0.1) is 25.7 Å². The molecule has 2 rings (SSSR count). The van der Waals surface area contributed by atoms with Crippen LogP contribution < -0.4 is 5.32 Å². The van der Waals surface area contributed by atoms with Crippen LogP contribution in [0.15, 0.2) is 60.7 Å². The number of hydrogen-bond acceptors (Lipinski definition) is 5. The minimum Gasteiger partial charge on any atom is -0.469 e. The summed E-state index contributed by atoms with van der Waals surface area (Å²) in [4.78, 5) is 25.0. The monoisotopic (exact) mass is 383 g/mol. The highest BCUT2D eigenvalue weighted by Gasteiger charge is 2.47. The van der Waals surface area contributed by atoms with E-state index in [-0.39, 0.29) is 24.4 Å². The van der Waals surface area contributed by atoms with Crippen molar-refractivity contribution in [3.8, 4) is 0 Å². The predicted molar refractivity (Wildman–Crippen MR) is 110 cm³/mol. The quantitative estimate of drug-likeness (QED) is 0.600. The van der Waals surface area contributed by atoms with E-state index in [1.54, 1.807) is 0 Å². The molecule has 0 saturated heterocycles. The lowest BCUT2D eigenvalue weighted by Gasteiger charge is -2.39. The number of nitrogens with one attached hydrogen (secondary N) is 1.